The van der Waals surface area contributed by atoms with Crippen LogP contribution in [0.15, 0.2) is 55.4 Å². The van der Waals surface area contributed by atoms with E-state index in [4.69, 9.17) is 25.8 Å². The Morgan fingerprint density at radius 3 is 2.66 bits per heavy atom. The van der Waals surface area contributed by atoms with Crippen LogP contribution in [0.3, 0.4) is 0 Å². The topological polar surface area (TPSA) is 53.5 Å². The fourth-order valence-corrected chi connectivity index (χ4v) is 3.51. The van der Waals surface area contributed by atoms with E-state index in [1.165, 1.54) is 5.56 Å². The van der Waals surface area contributed by atoms with Gasteiger partial charge in [0.15, 0.2) is 0 Å². The van der Waals surface area contributed by atoms with E-state index in [1.807, 2.05) is 25.1 Å². The van der Waals surface area contributed by atoms with Crippen molar-refractivity contribution in [3.8, 4) is 5.88 Å². The van der Waals surface area contributed by atoms with Crippen LogP contribution >= 0.6 is 11.6 Å². The minimum absolute atomic E-state index is 0.0723. The number of nitrogens with zero attached hydrogens (tertiary/aromatic N) is 2. The molecule has 29 heavy (non-hydrogen) atoms. The minimum Gasteiger partial charge on any atom is -0.494 e. The van der Waals surface area contributed by atoms with Crippen molar-refractivity contribution >= 4 is 28.1 Å². The molecule has 3 aromatic rings. The molecule has 0 radical (unpaired) electrons. The Kier molecular flexibility index (Phi) is 5.97. The molecule has 0 saturated heterocycles. The Balaban J connectivity index is 1.43. The van der Waals surface area contributed by atoms with Gasteiger partial charge in [-0.1, -0.05) is 48.5 Å². The van der Waals surface area contributed by atoms with Crippen molar-refractivity contribution in [1.29, 1.82) is 0 Å². The van der Waals surface area contributed by atoms with Gasteiger partial charge in [-0.25, -0.2) is 9.97 Å². The van der Waals surface area contributed by atoms with Gasteiger partial charge in [0.2, 0.25) is 5.88 Å². The van der Waals surface area contributed by atoms with E-state index in [1.54, 1.807) is 18.5 Å². The highest BCUT2D eigenvalue weighted by Crippen LogP contribution is 2.34. The average Bonchev–Trinajstić information content (AvgIpc) is 2.70. The molecule has 0 N–H and O–H groups in total. The van der Waals surface area contributed by atoms with Crippen LogP contribution in [0, 0.1) is 0 Å². The second-order valence-electron chi connectivity index (χ2n) is 7.02. The van der Waals surface area contributed by atoms with E-state index < -0.39 is 0 Å². The number of aromatic nitrogens is 2. The number of hydrogen-bond donors (Lipinski definition) is 0. The van der Waals surface area contributed by atoms with Crippen LogP contribution in [-0.4, -0.2) is 28.8 Å². The van der Waals surface area contributed by atoms with Crippen molar-refractivity contribution < 1.29 is 14.2 Å². The zero-order valence-corrected chi connectivity index (χ0v) is 17.1. The molecule has 0 unspecified atom stereocenters. The maximum atomic E-state index is 6.14. The highest BCUT2D eigenvalue weighted by atomic mass is 35.5. The molecule has 1 fully saturated rings. The first kappa shape index (κ1) is 19.7. The van der Waals surface area contributed by atoms with Crippen LogP contribution in [0.5, 0.6) is 5.88 Å². The first-order chi connectivity index (χ1) is 14.1. The monoisotopic (exact) mass is 410 g/mol. The van der Waals surface area contributed by atoms with Gasteiger partial charge in [-0.3, -0.25) is 0 Å². The lowest BCUT2D eigenvalue weighted by Crippen LogP contribution is -2.39. The highest BCUT2D eigenvalue weighted by molar-refractivity contribution is 6.30. The molecule has 6 heteroatoms. The minimum atomic E-state index is 0.0723. The van der Waals surface area contributed by atoms with Gasteiger partial charge in [0.05, 0.1) is 24.7 Å². The van der Waals surface area contributed by atoms with Gasteiger partial charge in [-0.05, 0) is 18.6 Å². The first-order valence-electron chi connectivity index (χ1n) is 9.72. The second-order valence-corrected chi connectivity index (χ2v) is 7.40. The molecule has 2 heterocycles. The molecule has 0 atom stereocenters. The lowest BCUT2D eigenvalue weighted by Gasteiger charge is -2.35. The van der Waals surface area contributed by atoms with Crippen LogP contribution in [0.25, 0.3) is 16.5 Å². The molecule has 0 bridgehead atoms. The predicted octanol–water partition coefficient (Wildman–Crippen LogP) is 5.42. The van der Waals surface area contributed by atoms with Crippen molar-refractivity contribution in [1.82, 2.24) is 9.97 Å². The Bertz CT molecular complexity index is 1000. The zero-order valence-electron chi connectivity index (χ0n) is 16.3. The number of hydrogen-bond acceptors (Lipinski definition) is 5. The van der Waals surface area contributed by atoms with Gasteiger partial charge >= 0.3 is 0 Å². The summed E-state index contributed by atoms with van der Waals surface area (Å²) >= 11 is 6.11. The lowest BCUT2D eigenvalue weighted by atomic mass is 9.92. The van der Waals surface area contributed by atoms with Crippen LogP contribution in [0.4, 0.5) is 0 Å². The third-order valence-corrected chi connectivity index (χ3v) is 5.19. The summed E-state index contributed by atoms with van der Waals surface area (Å²) in [5, 5.41) is 2.06. The number of pyridine rings is 2. The van der Waals surface area contributed by atoms with Gasteiger partial charge in [0.25, 0.3) is 0 Å². The molecular weight excluding hydrogens is 388 g/mol. The van der Waals surface area contributed by atoms with Crippen molar-refractivity contribution in [2.24, 2.45) is 0 Å². The number of benzene rings is 1. The third kappa shape index (κ3) is 4.52. The largest absolute Gasteiger partial charge is 0.494 e. The summed E-state index contributed by atoms with van der Waals surface area (Å²) in [4.78, 5) is 8.69. The van der Waals surface area contributed by atoms with Crippen LogP contribution < -0.4 is 4.74 Å². The van der Waals surface area contributed by atoms with Gasteiger partial charge in [0, 0.05) is 36.2 Å². The lowest BCUT2D eigenvalue weighted by molar-refractivity contribution is -0.0690. The predicted molar refractivity (Wildman–Crippen MR) is 114 cm³/mol. The van der Waals surface area contributed by atoms with E-state index in [0.717, 1.165) is 29.2 Å². The maximum absolute atomic E-state index is 6.14. The molecule has 1 aliphatic carbocycles. The maximum Gasteiger partial charge on any atom is 0.223 e. The summed E-state index contributed by atoms with van der Waals surface area (Å²) in [6.07, 6.45) is 5.35. The van der Waals surface area contributed by atoms with Crippen LogP contribution in [0.2, 0.25) is 5.15 Å². The molecule has 0 spiro atoms. The molecule has 5 nitrogen and oxygen atoms in total. The van der Waals surface area contributed by atoms with Gasteiger partial charge < -0.3 is 14.2 Å². The van der Waals surface area contributed by atoms with Crippen LogP contribution in [0.1, 0.15) is 30.9 Å². The molecule has 0 amide bonds. The number of rotatable bonds is 8. The average molecular weight is 411 g/mol. The Hall–Kier alpha value is -2.63. The Morgan fingerprint density at radius 1 is 1.10 bits per heavy atom. The summed E-state index contributed by atoms with van der Waals surface area (Å²) in [5.41, 5.74) is 1.97. The van der Waals surface area contributed by atoms with E-state index >= 15 is 0 Å². The number of fused-ring (bicyclic) bond motifs is 1. The first-order valence-corrected chi connectivity index (χ1v) is 10.1. The van der Waals surface area contributed by atoms with Crippen molar-refractivity contribution in [2.75, 3.05) is 6.61 Å². The molecule has 150 valence electrons. The summed E-state index contributed by atoms with van der Waals surface area (Å²) in [6, 6.07) is 12.0. The highest BCUT2D eigenvalue weighted by Gasteiger charge is 2.32. The molecule has 0 aliphatic heterocycles. The third-order valence-electron chi connectivity index (χ3n) is 4.98. The smallest absolute Gasteiger partial charge is 0.223 e. The molecule has 4 rings (SSSR count). The standard InChI is InChI=1S/C23H23ClN2O3/c1-3-27-15(2)20-12-26-23(21-13-25-22(24)11-19(20)21)29-18-9-17(10-18)28-14-16-7-5-4-6-8-16/h4-8,11-13,17-18H,2-3,9-10,14H2,1H3. The Labute approximate surface area is 175 Å². The fourth-order valence-electron chi connectivity index (χ4n) is 3.35. The molecule has 2 aromatic heterocycles. The van der Waals surface area contributed by atoms with Crippen LogP contribution in [-0.2, 0) is 16.1 Å². The van der Waals surface area contributed by atoms with Crippen molar-refractivity contribution in [3.05, 3.63) is 71.7 Å². The fraction of sp³-hybridized carbons (Fsp3) is 0.304. The second kappa shape index (κ2) is 8.80. The van der Waals surface area contributed by atoms with Gasteiger partial charge in [-0.2, -0.15) is 0 Å². The SMILES string of the molecule is C=C(OCC)c1cnc(OC2CC(OCc3ccccc3)C2)c2cnc(Cl)cc12. The quantitative estimate of drug-likeness (QED) is 0.366. The van der Waals surface area contributed by atoms with E-state index in [-0.39, 0.29) is 12.2 Å². The van der Waals surface area contributed by atoms with E-state index in [0.29, 0.717) is 30.0 Å². The van der Waals surface area contributed by atoms with Gasteiger partial charge in [-0.15, -0.1) is 0 Å². The molecule has 1 aliphatic rings. The normalized spacial score (nSPS) is 18.3. The van der Waals surface area contributed by atoms with E-state index in [2.05, 4.69) is 28.7 Å². The summed E-state index contributed by atoms with van der Waals surface area (Å²) in [7, 11) is 0. The number of ether oxygens (including phenoxy) is 3. The van der Waals surface area contributed by atoms with Gasteiger partial charge in [0.1, 0.15) is 17.0 Å². The molecular formula is C23H23ClN2O3. The number of halogens is 1. The van der Waals surface area contributed by atoms with Crippen molar-refractivity contribution in [2.45, 2.75) is 38.6 Å². The summed E-state index contributed by atoms with van der Waals surface area (Å²) < 4.78 is 17.6. The summed E-state index contributed by atoms with van der Waals surface area (Å²) in [5.74, 6) is 1.10. The summed E-state index contributed by atoms with van der Waals surface area (Å²) in [6.45, 7) is 7.05. The zero-order chi connectivity index (χ0) is 20.2. The Morgan fingerprint density at radius 2 is 1.90 bits per heavy atom. The van der Waals surface area contributed by atoms with Crippen molar-refractivity contribution in [3.63, 3.8) is 0 Å². The van der Waals surface area contributed by atoms with E-state index in [9.17, 15) is 0 Å². The molecule has 1 saturated carbocycles. The molecule has 1 aromatic carbocycles.